The van der Waals surface area contributed by atoms with Crippen molar-refractivity contribution in [2.24, 2.45) is 0 Å². The third-order valence-electron chi connectivity index (χ3n) is 6.11. The Morgan fingerprint density at radius 3 is 2.91 bits per heavy atom. The van der Waals surface area contributed by atoms with E-state index in [1.165, 1.54) is 11.8 Å². The van der Waals surface area contributed by atoms with Gasteiger partial charge in [0.05, 0.1) is 37.2 Å². The van der Waals surface area contributed by atoms with Gasteiger partial charge in [-0.05, 0) is 39.3 Å². The van der Waals surface area contributed by atoms with Crippen molar-refractivity contribution in [3.63, 3.8) is 0 Å². The molecular formula is C23H27N7O3S. The second kappa shape index (κ2) is 8.80. The summed E-state index contributed by atoms with van der Waals surface area (Å²) < 4.78 is 11.1. The number of hydrazine groups is 1. The van der Waals surface area contributed by atoms with Gasteiger partial charge in [-0.25, -0.2) is 10.4 Å². The monoisotopic (exact) mass is 481 g/mol. The van der Waals surface area contributed by atoms with Gasteiger partial charge in [0.15, 0.2) is 5.82 Å². The molecule has 0 aliphatic carbocycles. The number of pyridine rings is 1. The first-order chi connectivity index (χ1) is 16.3. The van der Waals surface area contributed by atoms with Crippen molar-refractivity contribution >= 4 is 29.4 Å². The maximum Gasteiger partial charge on any atom is 0.233 e. The summed E-state index contributed by atoms with van der Waals surface area (Å²) in [4.78, 5) is 26.5. The highest BCUT2D eigenvalue weighted by atomic mass is 32.2. The number of carbonyl (C=O) groups excluding carboxylic acids is 1. The smallest absolute Gasteiger partial charge is 0.233 e. The van der Waals surface area contributed by atoms with Crippen molar-refractivity contribution in [1.29, 1.82) is 0 Å². The number of hydrogen-bond acceptors (Lipinski definition) is 10. The zero-order chi connectivity index (χ0) is 24.0. The van der Waals surface area contributed by atoms with E-state index >= 15 is 0 Å². The molecule has 3 aromatic rings. The zero-order valence-corrected chi connectivity index (χ0v) is 20.3. The second-order valence-electron chi connectivity index (χ2n) is 8.51. The molecule has 2 aliphatic heterocycles. The number of amides is 1. The minimum Gasteiger partial charge on any atom is -0.496 e. The number of aromatic nitrogens is 3. The van der Waals surface area contributed by atoms with Crippen LogP contribution in [0.1, 0.15) is 46.4 Å². The molecule has 3 aromatic heterocycles. The number of hydrogen-bond donors (Lipinski definition) is 3. The van der Waals surface area contributed by atoms with Gasteiger partial charge >= 0.3 is 0 Å². The molecule has 2 aliphatic rings. The van der Waals surface area contributed by atoms with Gasteiger partial charge in [0.1, 0.15) is 22.3 Å². The van der Waals surface area contributed by atoms with E-state index < -0.39 is 0 Å². The number of carbonyl (C=O) groups is 1. The second-order valence-corrected chi connectivity index (χ2v) is 9.70. The number of anilines is 2. The maximum atomic E-state index is 13.0. The fourth-order valence-corrected chi connectivity index (χ4v) is 5.72. The number of nitrogen functional groups attached to an aromatic ring is 1. The molecule has 0 saturated carbocycles. The largest absolute Gasteiger partial charge is 0.496 e. The SMILES string of the molecule is COc1c(C)cnc(CN2NC3CC(C(=O)NCc4ccc(C)o4)Sc4nc(N)nc2c43)c1C. The molecule has 1 amide bonds. The zero-order valence-electron chi connectivity index (χ0n) is 19.5. The highest BCUT2D eigenvalue weighted by Crippen LogP contribution is 2.47. The fourth-order valence-electron chi connectivity index (χ4n) is 4.46. The Morgan fingerprint density at radius 1 is 1.35 bits per heavy atom. The Kier molecular flexibility index (Phi) is 5.82. The van der Waals surface area contributed by atoms with Crippen molar-refractivity contribution in [3.05, 3.63) is 52.2 Å². The molecule has 0 bridgehead atoms. The Morgan fingerprint density at radius 2 is 2.18 bits per heavy atom. The van der Waals surface area contributed by atoms with Crippen molar-refractivity contribution < 1.29 is 13.9 Å². The summed E-state index contributed by atoms with van der Waals surface area (Å²) in [5.41, 5.74) is 13.4. The van der Waals surface area contributed by atoms with Crippen LogP contribution in [0.4, 0.5) is 11.8 Å². The van der Waals surface area contributed by atoms with Gasteiger partial charge in [-0.2, -0.15) is 4.98 Å². The predicted molar refractivity (Wildman–Crippen MR) is 128 cm³/mol. The summed E-state index contributed by atoms with van der Waals surface area (Å²) >= 11 is 1.42. The van der Waals surface area contributed by atoms with Crippen LogP contribution < -0.4 is 26.2 Å². The molecule has 11 heteroatoms. The van der Waals surface area contributed by atoms with Crippen LogP contribution in [0.3, 0.4) is 0 Å². The fraction of sp³-hybridized carbons (Fsp3) is 0.391. The minimum absolute atomic E-state index is 0.0653. The van der Waals surface area contributed by atoms with Gasteiger partial charge in [0.2, 0.25) is 11.9 Å². The number of nitrogens with one attached hydrogen (secondary N) is 2. The number of thioether (sulfide) groups is 1. The average molecular weight is 482 g/mol. The third kappa shape index (κ3) is 4.05. The normalized spacial score (nSPS) is 18.6. The molecule has 10 nitrogen and oxygen atoms in total. The summed E-state index contributed by atoms with van der Waals surface area (Å²) in [5, 5.41) is 5.33. The summed E-state index contributed by atoms with van der Waals surface area (Å²) in [6.07, 6.45) is 2.41. The minimum atomic E-state index is -0.317. The van der Waals surface area contributed by atoms with E-state index in [0.29, 0.717) is 19.5 Å². The number of ether oxygens (including phenoxy) is 1. The molecule has 0 aromatic carbocycles. The van der Waals surface area contributed by atoms with Crippen molar-refractivity contribution in [2.45, 2.75) is 56.6 Å². The summed E-state index contributed by atoms with van der Waals surface area (Å²) in [6.45, 7) is 6.67. The molecule has 0 fully saturated rings. The van der Waals surface area contributed by atoms with Gasteiger partial charge in [-0.1, -0.05) is 11.8 Å². The number of nitrogens with zero attached hydrogens (tertiary/aromatic N) is 4. The van der Waals surface area contributed by atoms with Gasteiger partial charge < -0.3 is 20.2 Å². The first kappa shape index (κ1) is 22.5. The van der Waals surface area contributed by atoms with Gasteiger partial charge in [0.25, 0.3) is 0 Å². The van der Waals surface area contributed by atoms with Gasteiger partial charge in [0, 0.05) is 22.9 Å². The Labute approximate surface area is 201 Å². The molecule has 5 heterocycles. The first-order valence-corrected chi connectivity index (χ1v) is 11.9. The molecular weight excluding hydrogens is 454 g/mol. The molecule has 34 heavy (non-hydrogen) atoms. The van der Waals surface area contributed by atoms with E-state index in [2.05, 4.69) is 25.7 Å². The molecule has 2 atom stereocenters. The standard InChI is InChI=1S/C23H27N7O3S/c1-11-8-25-16(13(3)19(11)32-4)10-30-20-18-15(29-30)7-17(34-22(18)28-23(24)27-20)21(31)26-9-14-6-5-12(2)33-14/h5-6,8,15,17,29H,7,9-10H2,1-4H3,(H,26,31)(H2,24,27,28). The molecule has 0 saturated heterocycles. The van der Waals surface area contributed by atoms with Crippen molar-refractivity contribution in [1.82, 2.24) is 25.7 Å². The summed E-state index contributed by atoms with van der Waals surface area (Å²) in [6, 6.07) is 3.65. The van der Waals surface area contributed by atoms with E-state index in [1.54, 1.807) is 7.11 Å². The Balaban J connectivity index is 1.36. The van der Waals surface area contributed by atoms with Gasteiger partial charge in [-0.15, -0.1) is 0 Å². The molecule has 5 rings (SSSR count). The lowest BCUT2D eigenvalue weighted by Gasteiger charge is -2.26. The Bertz CT molecular complexity index is 1260. The van der Waals surface area contributed by atoms with E-state index in [1.807, 2.05) is 44.1 Å². The van der Waals surface area contributed by atoms with Crippen LogP contribution in [0.15, 0.2) is 27.8 Å². The third-order valence-corrected chi connectivity index (χ3v) is 7.34. The number of furan rings is 1. The quantitative estimate of drug-likeness (QED) is 0.452. The lowest BCUT2D eigenvalue weighted by atomic mass is 10.0. The predicted octanol–water partition coefficient (Wildman–Crippen LogP) is 2.73. The Hall–Kier alpha value is -3.31. The lowest BCUT2D eigenvalue weighted by molar-refractivity contribution is -0.121. The average Bonchev–Trinajstić information content (AvgIpc) is 3.37. The van der Waals surface area contributed by atoms with Gasteiger partial charge in [-0.3, -0.25) is 14.8 Å². The number of methoxy groups -OCH3 is 1. The van der Waals surface area contributed by atoms with Crippen LogP contribution in [0, 0.1) is 20.8 Å². The molecule has 0 radical (unpaired) electrons. The molecule has 4 N–H and O–H groups in total. The van der Waals surface area contributed by atoms with Crippen LogP contribution in [0.2, 0.25) is 0 Å². The van der Waals surface area contributed by atoms with E-state index in [4.69, 9.17) is 14.9 Å². The number of aryl methyl sites for hydroxylation is 2. The van der Waals surface area contributed by atoms with Crippen LogP contribution >= 0.6 is 11.8 Å². The van der Waals surface area contributed by atoms with Crippen LogP contribution in [-0.2, 0) is 17.9 Å². The highest BCUT2D eigenvalue weighted by molar-refractivity contribution is 8.00. The van der Waals surface area contributed by atoms with E-state index in [0.717, 1.165) is 50.5 Å². The van der Waals surface area contributed by atoms with Crippen LogP contribution in [0.5, 0.6) is 5.75 Å². The topological polar surface area (TPSA) is 131 Å². The number of nitrogens with two attached hydrogens (primary N) is 1. The van der Waals surface area contributed by atoms with Crippen LogP contribution in [0.25, 0.3) is 0 Å². The van der Waals surface area contributed by atoms with Crippen molar-refractivity contribution in [2.75, 3.05) is 17.9 Å². The van der Waals surface area contributed by atoms with E-state index in [-0.39, 0.29) is 23.1 Å². The maximum absolute atomic E-state index is 13.0. The number of rotatable bonds is 6. The lowest BCUT2D eigenvalue weighted by Crippen LogP contribution is -2.39. The van der Waals surface area contributed by atoms with Crippen LogP contribution in [-0.4, -0.2) is 33.2 Å². The summed E-state index contributed by atoms with van der Waals surface area (Å²) in [5.74, 6) is 3.20. The molecule has 0 spiro atoms. The summed E-state index contributed by atoms with van der Waals surface area (Å²) in [7, 11) is 1.66. The molecule has 178 valence electrons. The molecule has 2 unspecified atom stereocenters. The highest BCUT2D eigenvalue weighted by Gasteiger charge is 2.41. The first-order valence-electron chi connectivity index (χ1n) is 11.0. The van der Waals surface area contributed by atoms with Crippen molar-refractivity contribution in [3.8, 4) is 5.75 Å². The van der Waals surface area contributed by atoms with E-state index in [9.17, 15) is 4.79 Å².